The van der Waals surface area contributed by atoms with Gasteiger partial charge in [-0.2, -0.15) is 0 Å². The van der Waals surface area contributed by atoms with Crippen LogP contribution in [0.1, 0.15) is 22.4 Å². The van der Waals surface area contributed by atoms with E-state index in [-0.39, 0.29) is 0 Å². The SMILES string of the molecule is COc1c(C)cnc(CNCc2ccccc2Br)c1C. The summed E-state index contributed by atoms with van der Waals surface area (Å²) >= 11 is 3.55. The first-order valence-electron chi connectivity index (χ1n) is 6.56. The summed E-state index contributed by atoms with van der Waals surface area (Å²) < 4.78 is 6.55. The zero-order valence-electron chi connectivity index (χ0n) is 12.0. The standard InChI is InChI=1S/C16H19BrN2O/c1-11-8-19-15(12(2)16(11)20-3)10-18-9-13-6-4-5-7-14(13)17/h4-8,18H,9-10H2,1-3H3. The molecule has 2 aromatic rings. The fourth-order valence-corrected chi connectivity index (χ4v) is 2.63. The van der Waals surface area contributed by atoms with Crippen molar-refractivity contribution in [2.45, 2.75) is 26.9 Å². The molecular weight excluding hydrogens is 316 g/mol. The molecule has 0 fully saturated rings. The van der Waals surface area contributed by atoms with Gasteiger partial charge in [0.15, 0.2) is 0 Å². The topological polar surface area (TPSA) is 34.1 Å². The van der Waals surface area contributed by atoms with Crippen LogP contribution in [0.25, 0.3) is 0 Å². The third kappa shape index (κ3) is 3.38. The average molecular weight is 335 g/mol. The summed E-state index contributed by atoms with van der Waals surface area (Å²) in [7, 11) is 1.70. The fraction of sp³-hybridized carbons (Fsp3) is 0.312. The quantitative estimate of drug-likeness (QED) is 0.903. The van der Waals surface area contributed by atoms with Crippen LogP contribution in [0.2, 0.25) is 0 Å². The highest BCUT2D eigenvalue weighted by molar-refractivity contribution is 9.10. The van der Waals surface area contributed by atoms with Gasteiger partial charge in [0.05, 0.1) is 12.8 Å². The first kappa shape index (κ1) is 15.0. The number of methoxy groups -OCH3 is 1. The number of ether oxygens (including phenoxy) is 1. The van der Waals surface area contributed by atoms with Crippen LogP contribution in [0.3, 0.4) is 0 Å². The van der Waals surface area contributed by atoms with Crippen molar-refractivity contribution in [3.05, 3.63) is 57.3 Å². The number of pyridine rings is 1. The Bertz CT molecular complexity index is 599. The fourth-order valence-electron chi connectivity index (χ4n) is 2.21. The molecule has 0 radical (unpaired) electrons. The molecule has 1 aromatic carbocycles. The molecule has 0 aliphatic heterocycles. The number of halogens is 1. The Kier molecular flexibility index (Phi) is 5.15. The van der Waals surface area contributed by atoms with Gasteiger partial charge in [-0.15, -0.1) is 0 Å². The van der Waals surface area contributed by atoms with Gasteiger partial charge in [0.25, 0.3) is 0 Å². The van der Waals surface area contributed by atoms with Crippen LogP contribution in [0.4, 0.5) is 0 Å². The van der Waals surface area contributed by atoms with Gasteiger partial charge in [0.1, 0.15) is 5.75 Å². The van der Waals surface area contributed by atoms with Crippen molar-refractivity contribution >= 4 is 15.9 Å². The lowest BCUT2D eigenvalue weighted by atomic mass is 10.1. The molecule has 0 unspecified atom stereocenters. The molecular formula is C16H19BrN2O. The van der Waals surface area contributed by atoms with Gasteiger partial charge in [-0.05, 0) is 25.5 Å². The summed E-state index contributed by atoms with van der Waals surface area (Å²) in [4.78, 5) is 4.49. The molecule has 0 saturated heterocycles. The van der Waals surface area contributed by atoms with Crippen molar-refractivity contribution in [1.29, 1.82) is 0 Å². The van der Waals surface area contributed by atoms with Crippen molar-refractivity contribution in [2.24, 2.45) is 0 Å². The van der Waals surface area contributed by atoms with Gasteiger partial charge in [-0.1, -0.05) is 34.1 Å². The Morgan fingerprint density at radius 2 is 1.95 bits per heavy atom. The molecule has 0 amide bonds. The lowest BCUT2D eigenvalue weighted by molar-refractivity contribution is 0.406. The maximum absolute atomic E-state index is 5.42. The van der Waals surface area contributed by atoms with Gasteiger partial charge in [0, 0.05) is 34.9 Å². The molecule has 1 N–H and O–H groups in total. The normalized spacial score (nSPS) is 10.6. The largest absolute Gasteiger partial charge is 0.496 e. The Labute approximate surface area is 128 Å². The van der Waals surface area contributed by atoms with Crippen LogP contribution in [0.15, 0.2) is 34.9 Å². The minimum absolute atomic E-state index is 0.726. The molecule has 1 heterocycles. The van der Waals surface area contributed by atoms with Gasteiger partial charge >= 0.3 is 0 Å². The Morgan fingerprint density at radius 3 is 2.65 bits per heavy atom. The summed E-state index contributed by atoms with van der Waals surface area (Å²) in [6.45, 7) is 5.59. The highest BCUT2D eigenvalue weighted by Gasteiger charge is 2.09. The maximum Gasteiger partial charge on any atom is 0.128 e. The second-order valence-corrected chi connectivity index (χ2v) is 5.60. The van der Waals surface area contributed by atoms with Crippen molar-refractivity contribution in [1.82, 2.24) is 10.3 Å². The first-order chi connectivity index (χ1) is 9.63. The minimum Gasteiger partial charge on any atom is -0.496 e. The van der Waals surface area contributed by atoms with E-state index in [0.717, 1.165) is 40.1 Å². The zero-order valence-corrected chi connectivity index (χ0v) is 13.6. The monoisotopic (exact) mass is 334 g/mol. The summed E-state index contributed by atoms with van der Waals surface area (Å²) in [6, 6.07) is 8.22. The second kappa shape index (κ2) is 6.86. The van der Waals surface area contributed by atoms with Crippen LogP contribution in [0.5, 0.6) is 5.75 Å². The van der Waals surface area contributed by atoms with E-state index >= 15 is 0 Å². The number of rotatable bonds is 5. The van der Waals surface area contributed by atoms with Gasteiger partial charge in [-0.3, -0.25) is 4.98 Å². The highest BCUT2D eigenvalue weighted by Crippen LogP contribution is 2.24. The predicted molar refractivity (Wildman–Crippen MR) is 84.9 cm³/mol. The van der Waals surface area contributed by atoms with E-state index in [9.17, 15) is 0 Å². The van der Waals surface area contributed by atoms with Gasteiger partial charge in [-0.25, -0.2) is 0 Å². The predicted octanol–water partition coefficient (Wildman–Crippen LogP) is 3.76. The smallest absolute Gasteiger partial charge is 0.128 e. The Balaban J connectivity index is 2.03. The molecule has 3 nitrogen and oxygen atoms in total. The molecule has 0 bridgehead atoms. The molecule has 0 aliphatic rings. The van der Waals surface area contributed by atoms with E-state index < -0.39 is 0 Å². The molecule has 2 rings (SSSR count). The molecule has 0 atom stereocenters. The van der Waals surface area contributed by atoms with Crippen molar-refractivity contribution < 1.29 is 4.74 Å². The number of hydrogen-bond acceptors (Lipinski definition) is 3. The Morgan fingerprint density at radius 1 is 1.20 bits per heavy atom. The summed E-state index contributed by atoms with van der Waals surface area (Å²) in [5.74, 6) is 0.928. The number of nitrogens with zero attached hydrogens (tertiary/aromatic N) is 1. The number of hydrogen-bond donors (Lipinski definition) is 1. The van der Waals surface area contributed by atoms with Crippen LogP contribution < -0.4 is 10.1 Å². The summed E-state index contributed by atoms with van der Waals surface area (Å²) in [5.41, 5.74) is 4.44. The highest BCUT2D eigenvalue weighted by atomic mass is 79.9. The number of benzene rings is 1. The third-order valence-electron chi connectivity index (χ3n) is 3.32. The minimum atomic E-state index is 0.726. The first-order valence-corrected chi connectivity index (χ1v) is 7.36. The molecule has 0 aliphatic carbocycles. The van der Waals surface area contributed by atoms with Gasteiger partial charge in [0.2, 0.25) is 0 Å². The molecule has 20 heavy (non-hydrogen) atoms. The van der Waals surface area contributed by atoms with Crippen LogP contribution in [0, 0.1) is 13.8 Å². The lowest BCUT2D eigenvalue weighted by Crippen LogP contribution is -2.15. The molecule has 1 aromatic heterocycles. The van der Waals surface area contributed by atoms with Crippen molar-refractivity contribution in [3.63, 3.8) is 0 Å². The van der Waals surface area contributed by atoms with E-state index in [1.165, 1.54) is 5.56 Å². The van der Waals surface area contributed by atoms with E-state index in [2.05, 4.69) is 38.4 Å². The molecule has 0 spiro atoms. The van der Waals surface area contributed by atoms with Crippen molar-refractivity contribution in [3.8, 4) is 5.75 Å². The number of aromatic nitrogens is 1. The number of aryl methyl sites for hydroxylation is 1. The van der Waals surface area contributed by atoms with Crippen LogP contribution in [-0.2, 0) is 13.1 Å². The summed E-state index contributed by atoms with van der Waals surface area (Å²) in [6.07, 6.45) is 1.86. The van der Waals surface area contributed by atoms with Crippen LogP contribution >= 0.6 is 15.9 Å². The lowest BCUT2D eigenvalue weighted by Gasteiger charge is -2.13. The summed E-state index contributed by atoms with van der Waals surface area (Å²) in [5, 5.41) is 3.42. The van der Waals surface area contributed by atoms with E-state index in [1.54, 1.807) is 7.11 Å². The van der Waals surface area contributed by atoms with Gasteiger partial charge < -0.3 is 10.1 Å². The average Bonchev–Trinajstić information content (AvgIpc) is 2.44. The maximum atomic E-state index is 5.42. The molecule has 4 heteroatoms. The third-order valence-corrected chi connectivity index (χ3v) is 4.09. The Hall–Kier alpha value is -1.39. The zero-order chi connectivity index (χ0) is 14.5. The number of nitrogens with one attached hydrogen (secondary N) is 1. The molecule has 106 valence electrons. The van der Waals surface area contributed by atoms with E-state index in [4.69, 9.17) is 4.74 Å². The second-order valence-electron chi connectivity index (χ2n) is 4.74. The van der Waals surface area contributed by atoms with Crippen molar-refractivity contribution in [2.75, 3.05) is 7.11 Å². The van der Waals surface area contributed by atoms with Crippen LogP contribution in [-0.4, -0.2) is 12.1 Å². The van der Waals surface area contributed by atoms with E-state index in [0.29, 0.717) is 0 Å². The molecule has 0 saturated carbocycles. The van der Waals surface area contributed by atoms with E-state index in [1.807, 2.05) is 32.2 Å².